The van der Waals surface area contributed by atoms with Gasteiger partial charge in [-0.25, -0.2) is 0 Å². The van der Waals surface area contributed by atoms with Crippen LogP contribution in [0.15, 0.2) is 5.29 Å². The van der Waals surface area contributed by atoms with Gasteiger partial charge in [-0.05, 0) is 25.7 Å². The lowest BCUT2D eigenvalue weighted by molar-refractivity contribution is -0.0978. The molecule has 1 aliphatic heterocycles. The Balaban J connectivity index is 1.97. The van der Waals surface area contributed by atoms with Crippen LogP contribution in [0.4, 0.5) is 0 Å². The van der Waals surface area contributed by atoms with Crippen LogP contribution in [0.25, 0.3) is 0 Å². The van der Waals surface area contributed by atoms with Gasteiger partial charge in [-0.3, -0.25) is 5.01 Å². The second-order valence-electron chi connectivity index (χ2n) is 4.72. The Morgan fingerprint density at radius 2 is 2.00 bits per heavy atom. The molecule has 1 saturated heterocycles. The van der Waals surface area contributed by atoms with Gasteiger partial charge in [0.1, 0.15) is 0 Å². The van der Waals surface area contributed by atoms with Gasteiger partial charge < -0.3 is 4.74 Å². The van der Waals surface area contributed by atoms with E-state index in [9.17, 15) is 4.91 Å². The summed E-state index contributed by atoms with van der Waals surface area (Å²) in [5, 5.41) is 4.72. The third-order valence-electron chi connectivity index (χ3n) is 3.80. The Morgan fingerprint density at radius 3 is 2.67 bits per heavy atom. The van der Waals surface area contributed by atoms with E-state index in [4.69, 9.17) is 4.74 Å². The minimum Gasteiger partial charge on any atom is -0.374 e. The molecule has 0 N–H and O–H groups in total. The SMILES string of the molecule is CC1C(C2CCCCC2)OCCN1N=O. The average molecular weight is 212 g/mol. The van der Waals surface area contributed by atoms with Gasteiger partial charge in [-0.15, -0.1) is 4.91 Å². The fraction of sp³-hybridized carbons (Fsp3) is 1.00. The average Bonchev–Trinajstić information content (AvgIpc) is 2.30. The first kappa shape index (κ1) is 10.9. The molecule has 1 heterocycles. The van der Waals surface area contributed by atoms with Crippen LogP contribution in [0.1, 0.15) is 39.0 Å². The van der Waals surface area contributed by atoms with Gasteiger partial charge in [0.25, 0.3) is 0 Å². The van der Waals surface area contributed by atoms with E-state index in [-0.39, 0.29) is 12.1 Å². The second kappa shape index (κ2) is 4.92. The molecule has 1 aliphatic carbocycles. The van der Waals surface area contributed by atoms with Crippen LogP contribution in [0.2, 0.25) is 0 Å². The summed E-state index contributed by atoms with van der Waals surface area (Å²) in [5.41, 5.74) is 0. The van der Waals surface area contributed by atoms with Crippen LogP contribution in [-0.4, -0.2) is 30.3 Å². The fourth-order valence-corrected chi connectivity index (χ4v) is 2.90. The quantitative estimate of drug-likeness (QED) is 0.660. The Bertz CT molecular complexity index is 217. The van der Waals surface area contributed by atoms with Crippen molar-refractivity contribution in [2.24, 2.45) is 11.2 Å². The Hall–Kier alpha value is -0.640. The van der Waals surface area contributed by atoms with Crippen molar-refractivity contribution in [2.75, 3.05) is 13.2 Å². The van der Waals surface area contributed by atoms with E-state index in [1.54, 1.807) is 5.01 Å². The molecule has 0 aromatic carbocycles. The lowest BCUT2D eigenvalue weighted by Gasteiger charge is -2.40. The molecule has 2 aliphatic rings. The van der Waals surface area contributed by atoms with E-state index in [1.165, 1.54) is 32.1 Å². The fourth-order valence-electron chi connectivity index (χ4n) is 2.90. The highest BCUT2D eigenvalue weighted by molar-refractivity contribution is 4.85. The number of nitrogens with zero attached hydrogens (tertiary/aromatic N) is 2. The van der Waals surface area contributed by atoms with Gasteiger partial charge in [-0.2, -0.15) is 0 Å². The molecule has 0 aromatic rings. The van der Waals surface area contributed by atoms with Gasteiger partial charge in [0.2, 0.25) is 0 Å². The normalized spacial score (nSPS) is 34.1. The van der Waals surface area contributed by atoms with Crippen molar-refractivity contribution < 1.29 is 4.74 Å². The second-order valence-corrected chi connectivity index (χ2v) is 4.72. The summed E-state index contributed by atoms with van der Waals surface area (Å²) in [4.78, 5) is 10.6. The highest BCUT2D eigenvalue weighted by Gasteiger charge is 2.35. The van der Waals surface area contributed by atoms with Crippen LogP contribution < -0.4 is 0 Å². The Kier molecular flexibility index (Phi) is 3.57. The summed E-state index contributed by atoms with van der Waals surface area (Å²) >= 11 is 0. The van der Waals surface area contributed by atoms with Gasteiger partial charge in [0.05, 0.1) is 30.6 Å². The van der Waals surface area contributed by atoms with Crippen molar-refractivity contribution in [3.8, 4) is 0 Å². The molecular weight excluding hydrogens is 192 g/mol. The summed E-state index contributed by atoms with van der Waals surface area (Å²) in [6.07, 6.45) is 6.70. The van der Waals surface area contributed by atoms with Crippen LogP contribution >= 0.6 is 0 Å². The first-order chi connectivity index (χ1) is 7.33. The van der Waals surface area contributed by atoms with Gasteiger partial charge in [0.15, 0.2) is 0 Å². The summed E-state index contributed by atoms with van der Waals surface area (Å²) in [5.74, 6) is 0.637. The largest absolute Gasteiger partial charge is 0.374 e. The molecule has 2 atom stereocenters. The monoisotopic (exact) mass is 212 g/mol. The van der Waals surface area contributed by atoms with E-state index in [2.05, 4.69) is 12.2 Å². The van der Waals surface area contributed by atoms with Crippen molar-refractivity contribution in [2.45, 2.75) is 51.2 Å². The summed E-state index contributed by atoms with van der Waals surface area (Å²) in [6.45, 7) is 3.35. The molecule has 0 radical (unpaired) electrons. The highest BCUT2D eigenvalue weighted by atomic mass is 16.5. The smallest absolute Gasteiger partial charge is 0.0822 e. The van der Waals surface area contributed by atoms with E-state index in [0.717, 1.165) is 0 Å². The molecule has 15 heavy (non-hydrogen) atoms. The maximum Gasteiger partial charge on any atom is 0.0822 e. The maximum absolute atomic E-state index is 10.6. The minimum atomic E-state index is 0.152. The number of morpholine rings is 1. The molecule has 2 rings (SSSR count). The summed E-state index contributed by atoms with van der Waals surface area (Å²) in [7, 11) is 0. The third kappa shape index (κ3) is 2.30. The standard InChI is InChI=1S/C11H20N2O2/c1-9-11(10-5-3-2-4-6-10)15-8-7-13(9)12-14/h9-11H,2-8H2,1H3. The Morgan fingerprint density at radius 1 is 1.27 bits per heavy atom. The van der Waals surface area contributed by atoms with Gasteiger partial charge in [-0.1, -0.05) is 19.3 Å². The van der Waals surface area contributed by atoms with Crippen LogP contribution in [0.3, 0.4) is 0 Å². The summed E-state index contributed by atoms with van der Waals surface area (Å²) in [6, 6.07) is 0.152. The van der Waals surface area contributed by atoms with Crippen molar-refractivity contribution in [3.05, 3.63) is 4.91 Å². The lowest BCUT2D eigenvalue weighted by atomic mass is 9.82. The molecule has 0 bridgehead atoms. The van der Waals surface area contributed by atoms with Crippen LogP contribution in [0.5, 0.6) is 0 Å². The summed E-state index contributed by atoms with van der Waals surface area (Å²) < 4.78 is 5.82. The van der Waals surface area contributed by atoms with E-state index < -0.39 is 0 Å². The van der Waals surface area contributed by atoms with Crippen molar-refractivity contribution in [1.29, 1.82) is 0 Å². The van der Waals surface area contributed by atoms with Crippen molar-refractivity contribution in [1.82, 2.24) is 5.01 Å². The van der Waals surface area contributed by atoms with Gasteiger partial charge in [0, 0.05) is 0 Å². The minimum absolute atomic E-state index is 0.152. The molecule has 2 unspecified atom stereocenters. The molecule has 2 fully saturated rings. The van der Waals surface area contributed by atoms with Crippen LogP contribution in [0, 0.1) is 10.8 Å². The number of hydrogen-bond donors (Lipinski definition) is 0. The molecule has 0 aromatic heterocycles. The predicted molar refractivity (Wildman–Crippen MR) is 58.3 cm³/mol. The maximum atomic E-state index is 10.6. The van der Waals surface area contributed by atoms with Crippen molar-refractivity contribution >= 4 is 0 Å². The zero-order valence-electron chi connectivity index (χ0n) is 9.39. The molecule has 0 amide bonds. The van der Waals surface area contributed by atoms with E-state index >= 15 is 0 Å². The Labute approximate surface area is 90.9 Å². The highest BCUT2D eigenvalue weighted by Crippen LogP contribution is 2.32. The lowest BCUT2D eigenvalue weighted by Crippen LogP contribution is -2.50. The molecular formula is C11H20N2O2. The topological polar surface area (TPSA) is 41.9 Å². The first-order valence-corrected chi connectivity index (χ1v) is 6.04. The molecule has 1 saturated carbocycles. The number of hydrogen-bond acceptors (Lipinski definition) is 3. The molecule has 4 heteroatoms. The van der Waals surface area contributed by atoms with E-state index in [1.807, 2.05) is 0 Å². The zero-order valence-corrected chi connectivity index (χ0v) is 9.39. The molecule has 0 spiro atoms. The van der Waals surface area contributed by atoms with Crippen LogP contribution in [-0.2, 0) is 4.74 Å². The van der Waals surface area contributed by atoms with Gasteiger partial charge >= 0.3 is 0 Å². The third-order valence-corrected chi connectivity index (χ3v) is 3.80. The first-order valence-electron chi connectivity index (χ1n) is 6.04. The van der Waals surface area contributed by atoms with E-state index in [0.29, 0.717) is 19.1 Å². The zero-order chi connectivity index (χ0) is 10.7. The van der Waals surface area contributed by atoms with Crippen molar-refractivity contribution in [3.63, 3.8) is 0 Å². The number of ether oxygens (including phenoxy) is 1. The molecule has 86 valence electrons. The number of nitroso groups, excluding NO2 is 1. The molecule has 4 nitrogen and oxygen atoms in total. The predicted octanol–water partition coefficient (Wildman–Crippen LogP) is 2.34. The number of rotatable bonds is 2.